The van der Waals surface area contributed by atoms with E-state index >= 15 is 0 Å². The van der Waals surface area contributed by atoms with Crippen molar-refractivity contribution >= 4 is 70.5 Å². The van der Waals surface area contributed by atoms with Crippen molar-refractivity contribution in [2.75, 3.05) is 59.2 Å². The standard InChI is InChI=1S/C43H46N2O14S2/c46-18-28(48)20-60-15-11-32(50)56-22-42-13-9-30(58-42)34-36(42)40(54)44(38(34)52)26-5-1-24(2-6-26)17-25-3-7-27(8-4-25)45-39(53)35-31-10-14-43(59-31,37(35)41(45)55)23-57-33(51)12-16-61-21-29(49)19-47/h1-10,13-14,28-31,34-37,46-49H,11-12,15-23H2. The van der Waals surface area contributed by atoms with Gasteiger partial charge in [0, 0.05) is 23.0 Å². The number of aliphatic hydroxyl groups is 4. The van der Waals surface area contributed by atoms with Crippen molar-refractivity contribution in [3.05, 3.63) is 84.0 Å². The zero-order valence-electron chi connectivity index (χ0n) is 32.9. The lowest BCUT2D eigenvalue weighted by molar-refractivity contribution is -0.153. The molecule has 4 saturated heterocycles. The van der Waals surface area contributed by atoms with Gasteiger partial charge in [0.15, 0.2) is 0 Å². The molecule has 4 N–H and O–H groups in total. The van der Waals surface area contributed by atoms with Crippen molar-refractivity contribution in [1.29, 1.82) is 0 Å². The lowest BCUT2D eigenvalue weighted by Crippen LogP contribution is -2.44. The van der Waals surface area contributed by atoms with Crippen molar-refractivity contribution in [2.24, 2.45) is 23.7 Å². The molecule has 61 heavy (non-hydrogen) atoms. The van der Waals surface area contributed by atoms with Crippen LogP contribution in [0.2, 0.25) is 0 Å². The van der Waals surface area contributed by atoms with Gasteiger partial charge in [-0.15, -0.1) is 0 Å². The quantitative estimate of drug-likeness (QED) is 0.0629. The van der Waals surface area contributed by atoms with E-state index in [1.54, 1.807) is 48.6 Å². The largest absolute Gasteiger partial charge is 0.462 e. The summed E-state index contributed by atoms with van der Waals surface area (Å²) in [6, 6.07) is 14.1. The predicted octanol–water partition coefficient (Wildman–Crippen LogP) is 0.943. The van der Waals surface area contributed by atoms with Crippen molar-refractivity contribution < 1.29 is 68.1 Å². The van der Waals surface area contributed by atoms with Gasteiger partial charge >= 0.3 is 11.9 Å². The Labute approximate surface area is 359 Å². The molecule has 2 aromatic carbocycles. The molecule has 6 heterocycles. The molecule has 324 valence electrons. The van der Waals surface area contributed by atoms with E-state index in [1.807, 2.05) is 24.3 Å². The first-order chi connectivity index (χ1) is 29.4. The first kappa shape index (κ1) is 43.3. The summed E-state index contributed by atoms with van der Waals surface area (Å²) in [5.74, 6) is -4.55. The van der Waals surface area contributed by atoms with E-state index in [9.17, 15) is 39.0 Å². The number of hydrogen-bond acceptors (Lipinski definition) is 16. The van der Waals surface area contributed by atoms with Gasteiger partial charge < -0.3 is 39.4 Å². The highest BCUT2D eigenvalue weighted by molar-refractivity contribution is 7.99. The minimum Gasteiger partial charge on any atom is -0.462 e. The van der Waals surface area contributed by atoms with Gasteiger partial charge in [0.2, 0.25) is 23.6 Å². The summed E-state index contributed by atoms with van der Waals surface area (Å²) >= 11 is 2.61. The van der Waals surface area contributed by atoms with Crippen LogP contribution in [0.1, 0.15) is 24.0 Å². The minimum atomic E-state index is -1.25. The Morgan fingerprint density at radius 2 is 1.03 bits per heavy atom. The van der Waals surface area contributed by atoms with E-state index in [0.29, 0.717) is 29.3 Å². The average molecular weight is 879 g/mol. The monoisotopic (exact) mass is 878 g/mol. The van der Waals surface area contributed by atoms with Crippen molar-refractivity contribution in [3.8, 4) is 0 Å². The molecule has 0 saturated carbocycles. The van der Waals surface area contributed by atoms with Gasteiger partial charge in [-0.1, -0.05) is 36.4 Å². The maximum absolute atomic E-state index is 13.9. The van der Waals surface area contributed by atoms with E-state index in [2.05, 4.69) is 0 Å². The number of fused-ring (bicyclic) bond motifs is 10. The molecule has 4 amide bonds. The lowest BCUT2D eigenvalue weighted by atomic mass is 9.77. The molecular weight excluding hydrogens is 833 g/mol. The maximum atomic E-state index is 13.9. The Kier molecular flexibility index (Phi) is 12.6. The smallest absolute Gasteiger partial charge is 0.306 e. The Morgan fingerprint density at radius 3 is 1.41 bits per heavy atom. The molecular formula is C43H46N2O14S2. The van der Waals surface area contributed by atoms with Crippen molar-refractivity contribution in [2.45, 2.75) is 54.9 Å². The fourth-order valence-corrected chi connectivity index (χ4v) is 10.7. The molecule has 0 spiro atoms. The summed E-state index contributed by atoms with van der Waals surface area (Å²) in [5, 5.41) is 36.8. The van der Waals surface area contributed by atoms with Crippen molar-refractivity contribution in [3.63, 3.8) is 0 Å². The molecule has 4 fully saturated rings. The maximum Gasteiger partial charge on any atom is 0.306 e. The molecule has 0 aromatic heterocycles. The molecule has 18 heteroatoms. The highest BCUT2D eigenvalue weighted by Gasteiger charge is 2.69. The van der Waals surface area contributed by atoms with Gasteiger partial charge in [-0.3, -0.25) is 28.8 Å². The van der Waals surface area contributed by atoms with Gasteiger partial charge in [0.1, 0.15) is 24.4 Å². The van der Waals surface area contributed by atoms with E-state index < -0.39 is 83.0 Å². The number of ether oxygens (including phenoxy) is 4. The highest BCUT2D eigenvalue weighted by atomic mass is 32.2. The minimum absolute atomic E-state index is 0.0635. The number of amides is 4. The number of rotatable bonds is 20. The number of imide groups is 2. The van der Waals surface area contributed by atoms with Crippen LogP contribution in [0.3, 0.4) is 0 Å². The van der Waals surface area contributed by atoms with Crippen LogP contribution >= 0.6 is 23.5 Å². The topological polar surface area (TPSA) is 227 Å². The van der Waals surface area contributed by atoms with Crippen LogP contribution in [0.5, 0.6) is 0 Å². The Balaban J connectivity index is 0.855. The molecule has 10 atom stereocenters. The molecule has 10 unspecified atom stereocenters. The predicted molar refractivity (Wildman–Crippen MR) is 220 cm³/mol. The summed E-state index contributed by atoms with van der Waals surface area (Å²) in [5.41, 5.74) is 0.0697. The van der Waals surface area contributed by atoms with E-state index in [1.165, 1.54) is 33.3 Å². The first-order valence-corrected chi connectivity index (χ1v) is 22.4. The zero-order valence-corrected chi connectivity index (χ0v) is 34.5. The van der Waals surface area contributed by atoms with Gasteiger partial charge in [-0.25, -0.2) is 9.80 Å². The molecule has 2 aromatic rings. The van der Waals surface area contributed by atoms with Crippen LogP contribution in [0, 0.1) is 23.7 Å². The number of esters is 2. The Hall–Kier alpha value is -4.40. The van der Waals surface area contributed by atoms with Gasteiger partial charge in [0.25, 0.3) is 0 Å². The van der Waals surface area contributed by atoms with Crippen molar-refractivity contribution in [1.82, 2.24) is 0 Å². The average Bonchev–Trinajstić information content (AvgIpc) is 4.11. The molecule has 0 radical (unpaired) electrons. The second-order valence-electron chi connectivity index (χ2n) is 16.0. The number of hydrogen-bond donors (Lipinski definition) is 4. The number of anilines is 2. The number of carbonyl (C=O) groups excluding carboxylic acids is 6. The summed E-state index contributed by atoms with van der Waals surface area (Å²) in [4.78, 5) is 82.4. The number of nitrogens with zero attached hydrogens (tertiary/aromatic N) is 2. The Morgan fingerprint density at radius 1 is 0.639 bits per heavy atom. The van der Waals surface area contributed by atoms with Crippen LogP contribution in [-0.2, 0) is 54.1 Å². The lowest BCUT2D eigenvalue weighted by Gasteiger charge is -2.28. The number of carbonyl (C=O) groups is 6. The third-order valence-electron chi connectivity index (χ3n) is 12.0. The van der Waals surface area contributed by atoms with Crippen LogP contribution in [0.25, 0.3) is 0 Å². The SMILES string of the molecule is O=C(CCSCC(O)CO)OCC12C=CC(O1)C1C(=O)N(c3ccc(Cc4ccc(N5C(=O)C6C7C=CC(COC(=O)CCSCC(O)CO)(O7)C6C5=O)cc4)cc3)C(=O)C12. The van der Waals surface area contributed by atoms with Gasteiger partial charge in [-0.2, -0.15) is 23.5 Å². The summed E-state index contributed by atoms with van der Waals surface area (Å²) in [6.45, 7) is -1.17. The molecule has 8 rings (SSSR count). The summed E-state index contributed by atoms with van der Waals surface area (Å²) < 4.78 is 23.2. The molecule has 4 bridgehead atoms. The number of thioether (sulfide) groups is 2. The molecule has 0 aliphatic carbocycles. The van der Waals surface area contributed by atoms with Gasteiger partial charge in [-0.05, 0) is 54.0 Å². The Bertz CT molecular complexity index is 1970. The molecule has 6 aliphatic rings. The van der Waals surface area contributed by atoms with Gasteiger partial charge in [0.05, 0.1) is 85.5 Å². The van der Waals surface area contributed by atoms with Crippen LogP contribution < -0.4 is 9.80 Å². The number of benzene rings is 2. The second kappa shape index (κ2) is 17.8. The second-order valence-corrected chi connectivity index (χ2v) is 18.3. The van der Waals surface area contributed by atoms with E-state index in [0.717, 1.165) is 11.1 Å². The first-order valence-electron chi connectivity index (χ1n) is 20.1. The third-order valence-corrected chi connectivity index (χ3v) is 14.2. The van der Waals surface area contributed by atoms with E-state index in [4.69, 9.17) is 29.2 Å². The zero-order chi connectivity index (χ0) is 43.1. The number of aliphatic hydroxyl groups excluding tert-OH is 4. The summed E-state index contributed by atoms with van der Waals surface area (Å²) in [6.07, 6.45) is 4.49. The fraction of sp³-hybridized carbons (Fsp3) is 0.488. The van der Waals surface area contributed by atoms with E-state index in [-0.39, 0.29) is 62.6 Å². The van der Waals surface area contributed by atoms with Crippen LogP contribution in [-0.4, -0.2) is 141 Å². The summed E-state index contributed by atoms with van der Waals surface area (Å²) in [7, 11) is 0. The third kappa shape index (κ3) is 8.20. The highest BCUT2D eigenvalue weighted by Crippen LogP contribution is 2.54. The van der Waals surface area contributed by atoms with Crippen LogP contribution in [0.4, 0.5) is 11.4 Å². The molecule has 6 aliphatic heterocycles. The normalized spacial score (nSPS) is 30.1. The van der Waals surface area contributed by atoms with Crippen LogP contribution in [0.15, 0.2) is 72.8 Å². The molecule has 16 nitrogen and oxygen atoms in total. The fourth-order valence-electron chi connectivity index (χ4n) is 8.99.